The fraction of sp³-hybridized carbons (Fsp3) is 0.750. The van der Waals surface area contributed by atoms with E-state index >= 15 is 0 Å². The first-order valence-electron chi connectivity index (χ1n) is 13.3. The monoisotopic (exact) mass is 481 g/mol. The first-order valence-corrected chi connectivity index (χ1v) is 13.3. The first-order chi connectivity index (χ1) is 16.5. The molecular formula is C28H51NO5. The summed E-state index contributed by atoms with van der Waals surface area (Å²) in [6, 6.07) is -1.01. The molecule has 0 radical (unpaired) electrons. The highest BCUT2D eigenvalue weighted by molar-refractivity contribution is 5.80. The number of aliphatic hydroxyl groups is 4. The normalized spacial score (nSPS) is 15.8. The van der Waals surface area contributed by atoms with E-state index in [1.807, 2.05) is 13.0 Å². The molecule has 0 heterocycles. The quantitative estimate of drug-likeness (QED) is 0.114. The van der Waals surface area contributed by atoms with Crippen LogP contribution in [0.1, 0.15) is 104 Å². The van der Waals surface area contributed by atoms with Crippen LogP contribution in [0.15, 0.2) is 36.5 Å². The number of carbonyl (C=O) groups is 1. The molecule has 0 spiro atoms. The number of amides is 1. The Hall–Kier alpha value is -1.47. The lowest BCUT2D eigenvalue weighted by Crippen LogP contribution is -2.53. The molecule has 6 heteroatoms. The van der Waals surface area contributed by atoms with E-state index in [9.17, 15) is 25.2 Å². The van der Waals surface area contributed by atoms with Gasteiger partial charge in [-0.25, -0.2) is 0 Å². The van der Waals surface area contributed by atoms with Crippen LogP contribution < -0.4 is 5.32 Å². The molecule has 0 aliphatic heterocycles. The van der Waals surface area contributed by atoms with Crippen molar-refractivity contribution in [2.24, 2.45) is 0 Å². The summed E-state index contributed by atoms with van der Waals surface area (Å²) in [4.78, 5) is 12.3. The molecule has 34 heavy (non-hydrogen) atoms. The van der Waals surface area contributed by atoms with E-state index in [4.69, 9.17) is 0 Å². The van der Waals surface area contributed by atoms with Gasteiger partial charge in [0.2, 0.25) is 5.91 Å². The van der Waals surface area contributed by atoms with Gasteiger partial charge in [0.05, 0.1) is 18.8 Å². The lowest BCUT2D eigenvalue weighted by atomic mass is 10.00. The maximum atomic E-state index is 12.3. The molecule has 0 saturated carbocycles. The minimum Gasteiger partial charge on any atom is -0.394 e. The van der Waals surface area contributed by atoms with Gasteiger partial charge < -0.3 is 25.7 Å². The predicted molar refractivity (Wildman–Crippen MR) is 140 cm³/mol. The number of hydrogen-bond acceptors (Lipinski definition) is 5. The number of nitrogens with one attached hydrogen (secondary N) is 1. The third kappa shape index (κ3) is 17.9. The van der Waals surface area contributed by atoms with Gasteiger partial charge in [0, 0.05) is 0 Å². The SMILES string of the molecule is C/C=C/CC/C=C/CCCC(O)C(O)C(CO)NC(=O)C(O)CCCCCC/C=C\CCCC. The van der Waals surface area contributed by atoms with Gasteiger partial charge in [0.25, 0.3) is 0 Å². The highest BCUT2D eigenvalue weighted by atomic mass is 16.3. The largest absolute Gasteiger partial charge is 0.394 e. The van der Waals surface area contributed by atoms with E-state index in [0.29, 0.717) is 19.3 Å². The van der Waals surface area contributed by atoms with Gasteiger partial charge in [-0.15, -0.1) is 0 Å². The second kappa shape index (κ2) is 23.3. The number of rotatable bonds is 22. The molecule has 0 aromatic rings. The molecule has 0 aliphatic rings. The highest BCUT2D eigenvalue weighted by Gasteiger charge is 2.28. The molecule has 5 N–H and O–H groups in total. The smallest absolute Gasteiger partial charge is 0.249 e. The van der Waals surface area contributed by atoms with Gasteiger partial charge in [-0.05, 0) is 64.7 Å². The summed E-state index contributed by atoms with van der Waals surface area (Å²) in [5.74, 6) is -0.617. The van der Waals surface area contributed by atoms with Crippen LogP contribution in [0, 0.1) is 0 Å². The molecule has 6 nitrogen and oxygen atoms in total. The number of unbranched alkanes of at least 4 members (excludes halogenated alkanes) is 8. The Kier molecular flexibility index (Phi) is 22.3. The third-order valence-electron chi connectivity index (χ3n) is 5.90. The Morgan fingerprint density at radius 3 is 2.00 bits per heavy atom. The number of aliphatic hydroxyl groups excluding tert-OH is 4. The van der Waals surface area contributed by atoms with Crippen LogP contribution in [-0.4, -0.2) is 57.3 Å². The lowest BCUT2D eigenvalue weighted by molar-refractivity contribution is -0.132. The Morgan fingerprint density at radius 2 is 1.35 bits per heavy atom. The molecule has 0 saturated heterocycles. The van der Waals surface area contributed by atoms with Crippen molar-refractivity contribution >= 4 is 5.91 Å². The third-order valence-corrected chi connectivity index (χ3v) is 5.90. The summed E-state index contributed by atoms with van der Waals surface area (Å²) in [6.07, 6.45) is 22.0. The molecule has 0 aromatic carbocycles. The van der Waals surface area contributed by atoms with E-state index in [1.54, 1.807) is 0 Å². The minimum absolute atomic E-state index is 0.343. The van der Waals surface area contributed by atoms with Crippen LogP contribution in [0.5, 0.6) is 0 Å². The number of allylic oxidation sites excluding steroid dienone is 6. The van der Waals surface area contributed by atoms with Crippen molar-refractivity contribution in [3.05, 3.63) is 36.5 Å². The van der Waals surface area contributed by atoms with E-state index in [-0.39, 0.29) is 0 Å². The Labute approximate surface area is 207 Å². The average molecular weight is 482 g/mol. The Balaban J connectivity index is 4.08. The standard InChI is InChI=1S/C28H51NO5/c1-3-5-7-9-11-13-14-16-18-20-22-26(32)28(34)29-24(23-30)27(33)25(31)21-19-17-15-12-10-8-6-4-2/h4,6,9,11-12,15,24-27,30-33H,3,5,7-8,10,13-14,16-23H2,1-2H3,(H,29,34)/b6-4+,11-9-,15-12+. The zero-order valence-corrected chi connectivity index (χ0v) is 21.6. The predicted octanol–water partition coefficient (Wildman–Crippen LogP) is 4.72. The Bertz CT molecular complexity index is 561. The van der Waals surface area contributed by atoms with Crippen LogP contribution in [0.25, 0.3) is 0 Å². The zero-order chi connectivity index (χ0) is 25.4. The van der Waals surface area contributed by atoms with E-state index in [0.717, 1.165) is 57.8 Å². The highest BCUT2D eigenvalue weighted by Crippen LogP contribution is 2.12. The second-order valence-electron chi connectivity index (χ2n) is 9.03. The molecule has 0 bridgehead atoms. The fourth-order valence-corrected chi connectivity index (χ4v) is 3.64. The Morgan fingerprint density at radius 1 is 0.765 bits per heavy atom. The van der Waals surface area contributed by atoms with E-state index in [1.165, 1.54) is 12.8 Å². The van der Waals surface area contributed by atoms with Gasteiger partial charge in [-0.1, -0.05) is 75.5 Å². The van der Waals surface area contributed by atoms with Crippen molar-refractivity contribution in [3.8, 4) is 0 Å². The maximum absolute atomic E-state index is 12.3. The molecule has 4 atom stereocenters. The van der Waals surface area contributed by atoms with Gasteiger partial charge >= 0.3 is 0 Å². The molecule has 0 aliphatic carbocycles. The summed E-state index contributed by atoms with van der Waals surface area (Å²) in [6.45, 7) is 3.68. The first kappa shape index (κ1) is 32.5. The summed E-state index contributed by atoms with van der Waals surface area (Å²) >= 11 is 0. The van der Waals surface area contributed by atoms with Crippen molar-refractivity contribution in [3.63, 3.8) is 0 Å². The van der Waals surface area contributed by atoms with Crippen LogP contribution >= 0.6 is 0 Å². The number of carbonyl (C=O) groups excluding carboxylic acids is 1. The molecule has 198 valence electrons. The van der Waals surface area contributed by atoms with Crippen molar-refractivity contribution in [2.75, 3.05) is 6.61 Å². The van der Waals surface area contributed by atoms with Crippen LogP contribution in [0.3, 0.4) is 0 Å². The minimum atomic E-state index is -1.29. The van der Waals surface area contributed by atoms with Crippen molar-refractivity contribution in [2.45, 2.75) is 128 Å². The van der Waals surface area contributed by atoms with E-state index in [2.05, 4.69) is 42.6 Å². The van der Waals surface area contributed by atoms with Gasteiger partial charge in [0.15, 0.2) is 0 Å². The average Bonchev–Trinajstić information content (AvgIpc) is 2.84. The van der Waals surface area contributed by atoms with Gasteiger partial charge in [0.1, 0.15) is 12.2 Å². The van der Waals surface area contributed by atoms with Crippen LogP contribution in [-0.2, 0) is 4.79 Å². The topological polar surface area (TPSA) is 110 Å². The lowest BCUT2D eigenvalue weighted by Gasteiger charge is -2.27. The fourth-order valence-electron chi connectivity index (χ4n) is 3.64. The summed E-state index contributed by atoms with van der Waals surface area (Å²) in [5, 5.41) is 42.7. The van der Waals surface area contributed by atoms with Crippen LogP contribution in [0.2, 0.25) is 0 Å². The van der Waals surface area contributed by atoms with Crippen molar-refractivity contribution < 1.29 is 25.2 Å². The zero-order valence-electron chi connectivity index (χ0n) is 21.6. The number of hydrogen-bond donors (Lipinski definition) is 5. The second-order valence-corrected chi connectivity index (χ2v) is 9.03. The summed E-state index contributed by atoms with van der Waals surface area (Å²) in [7, 11) is 0. The molecule has 1 amide bonds. The van der Waals surface area contributed by atoms with Gasteiger partial charge in [-0.2, -0.15) is 0 Å². The summed E-state index contributed by atoms with van der Waals surface area (Å²) in [5.41, 5.74) is 0. The maximum Gasteiger partial charge on any atom is 0.249 e. The molecule has 0 fully saturated rings. The molecule has 0 aromatic heterocycles. The molecular weight excluding hydrogens is 430 g/mol. The summed E-state index contributed by atoms with van der Waals surface area (Å²) < 4.78 is 0. The van der Waals surface area contributed by atoms with E-state index < -0.39 is 36.9 Å². The van der Waals surface area contributed by atoms with Crippen molar-refractivity contribution in [1.82, 2.24) is 5.32 Å². The molecule has 0 rings (SSSR count). The van der Waals surface area contributed by atoms with Gasteiger partial charge in [-0.3, -0.25) is 4.79 Å². The van der Waals surface area contributed by atoms with Crippen LogP contribution in [0.4, 0.5) is 0 Å². The van der Waals surface area contributed by atoms with Crippen molar-refractivity contribution in [1.29, 1.82) is 0 Å². The molecule has 4 unspecified atom stereocenters.